The summed E-state index contributed by atoms with van der Waals surface area (Å²) in [6, 6.07) is 4.69. The van der Waals surface area contributed by atoms with E-state index in [0.717, 1.165) is 5.57 Å². The first-order valence-electron chi connectivity index (χ1n) is 7.12. The molecular weight excluding hydrogens is 301 g/mol. The fourth-order valence-corrected chi connectivity index (χ4v) is 2.30. The van der Waals surface area contributed by atoms with E-state index in [0.29, 0.717) is 17.5 Å². The predicted octanol–water partition coefficient (Wildman–Crippen LogP) is 1.08. The molecule has 8 heteroatoms. The minimum atomic E-state index is -0.746. The number of carbonyl (C=O) groups excluding carboxylic acids is 2. The van der Waals surface area contributed by atoms with Crippen molar-refractivity contribution in [3.05, 3.63) is 41.5 Å². The van der Waals surface area contributed by atoms with E-state index in [2.05, 4.69) is 21.1 Å². The fourth-order valence-electron chi connectivity index (χ4n) is 2.30. The average molecular weight is 317 g/mol. The number of aliphatic imine (C=N–C) groups is 1. The Hall–Kier alpha value is -2.90. The Balaban J connectivity index is 1.80. The summed E-state index contributed by atoms with van der Waals surface area (Å²) >= 11 is 0. The maximum Gasteiger partial charge on any atom is 0.249 e. The molecule has 0 radical (unpaired) electrons. The zero-order valence-corrected chi connectivity index (χ0v) is 12.7. The first-order valence-corrected chi connectivity index (χ1v) is 7.12. The van der Waals surface area contributed by atoms with E-state index in [1.54, 1.807) is 0 Å². The maximum atomic E-state index is 12.9. The number of hydrogen-bond donors (Lipinski definition) is 3. The van der Waals surface area contributed by atoms with Crippen LogP contribution in [0.15, 0.2) is 40.7 Å². The fraction of sp³-hybridized carbons (Fsp3) is 0.267. The van der Waals surface area contributed by atoms with Crippen LogP contribution in [0.2, 0.25) is 0 Å². The number of fused-ring (bicyclic) bond motifs is 1. The third kappa shape index (κ3) is 3.01. The Kier molecular flexibility index (Phi) is 3.73. The lowest BCUT2D eigenvalue weighted by Gasteiger charge is -2.32. The van der Waals surface area contributed by atoms with Crippen LogP contribution in [0.1, 0.15) is 20.3 Å². The van der Waals surface area contributed by atoms with Crippen LogP contribution in [0.5, 0.6) is 0 Å². The van der Waals surface area contributed by atoms with E-state index < -0.39 is 6.04 Å². The highest BCUT2D eigenvalue weighted by Crippen LogP contribution is 2.19. The van der Waals surface area contributed by atoms with Crippen LogP contribution in [0.3, 0.4) is 0 Å². The molecule has 1 fully saturated rings. The highest BCUT2D eigenvalue weighted by Gasteiger charge is 2.39. The summed E-state index contributed by atoms with van der Waals surface area (Å²) < 4.78 is 12.9. The highest BCUT2D eigenvalue weighted by molar-refractivity contribution is 6.07. The van der Waals surface area contributed by atoms with Crippen LogP contribution >= 0.6 is 0 Å². The van der Waals surface area contributed by atoms with E-state index in [1.165, 1.54) is 29.3 Å². The van der Waals surface area contributed by atoms with Crippen LogP contribution in [-0.2, 0) is 9.59 Å². The zero-order chi connectivity index (χ0) is 16.6. The normalized spacial score (nSPS) is 19.5. The van der Waals surface area contributed by atoms with E-state index in [4.69, 9.17) is 0 Å². The topological polar surface area (TPSA) is 85.8 Å². The molecule has 120 valence electrons. The summed E-state index contributed by atoms with van der Waals surface area (Å²) in [6.07, 6.45) is -0.00487. The van der Waals surface area contributed by atoms with Gasteiger partial charge < -0.3 is 5.32 Å². The molecule has 2 amide bonds. The van der Waals surface area contributed by atoms with Gasteiger partial charge in [0.25, 0.3) is 0 Å². The van der Waals surface area contributed by atoms with Crippen molar-refractivity contribution in [1.29, 1.82) is 0 Å². The molecule has 1 saturated heterocycles. The first kappa shape index (κ1) is 15.0. The van der Waals surface area contributed by atoms with Gasteiger partial charge in [-0.05, 0) is 43.7 Å². The Bertz CT molecular complexity index is 722. The molecule has 0 aliphatic carbocycles. The first-order chi connectivity index (χ1) is 10.9. The molecule has 0 bridgehead atoms. The molecular formula is C15H16FN5O2. The largest absolute Gasteiger partial charge is 0.324 e. The van der Waals surface area contributed by atoms with E-state index in [-0.39, 0.29) is 24.1 Å². The summed E-state index contributed by atoms with van der Waals surface area (Å²) in [6.45, 7) is 3.75. The van der Waals surface area contributed by atoms with Gasteiger partial charge in [-0.1, -0.05) is 0 Å². The van der Waals surface area contributed by atoms with Gasteiger partial charge in [0, 0.05) is 5.69 Å². The van der Waals surface area contributed by atoms with Crippen molar-refractivity contribution in [2.75, 3.05) is 5.32 Å². The van der Waals surface area contributed by atoms with Gasteiger partial charge >= 0.3 is 0 Å². The van der Waals surface area contributed by atoms with Gasteiger partial charge in [-0.2, -0.15) is 4.99 Å². The van der Waals surface area contributed by atoms with Crippen molar-refractivity contribution in [3.8, 4) is 0 Å². The van der Waals surface area contributed by atoms with Crippen LogP contribution in [0, 0.1) is 5.82 Å². The third-order valence-corrected chi connectivity index (χ3v) is 3.50. The molecule has 2 aliphatic rings. The number of allylic oxidation sites excluding steroid dienone is 1. The molecule has 2 aliphatic heterocycles. The van der Waals surface area contributed by atoms with Crippen LogP contribution in [0.25, 0.3) is 0 Å². The van der Waals surface area contributed by atoms with Gasteiger partial charge in [0.1, 0.15) is 17.7 Å². The van der Waals surface area contributed by atoms with Crippen LogP contribution < -0.4 is 16.1 Å². The lowest BCUT2D eigenvalue weighted by atomic mass is 10.1. The SMILES string of the molecule is CC(C)=C1N=C2NC(=O)C[C@@H](C(=O)Nc3ccc(F)cc3)N2N1. The van der Waals surface area contributed by atoms with Gasteiger partial charge in [0.15, 0.2) is 0 Å². The summed E-state index contributed by atoms with van der Waals surface area (Å²) in [5.74, 6) is -0.139. The molecule has 0 aromatic heterocycles. The third-order valence-electron chi connectivity index (χ3n) is 3.50. The molecule has 23 heavy (non-hydrogen) atoms. The summed E-state index contributed by atoms with van der Waals surface area (Å²) in [5.41, 5.74) is 4.40. The predicted molar refractivity (Wildman–Crippen MR) is 82.4 cm³/mol. The van der Waals surface area contributed by atoms with Gasteiger partial charge in [0.2, 0.25) is 17.8 Å². The molecule has 7 nitrogen and oxygen atoms in total. The number of nitrogens with one attached hydrogen (secondary N) is 3. The minimum Gasteiger partial charge on any atom is -0.324 e. The number of carbonyl (C=O) groups is 2. The second kappa shape index (κ2) is 5.71. The molecule has 0 unspecified atom stereocenters. The van der Waals surface area contributed by atoms with Gasteiger partial charge in [-0.15, -0.1) is 0 Å². The lowest BCUT2D eigenvalue weighted by molar-refractivity contribution is -0.129. The Morgan fingerprint density at radius 3 is 2.70 bits per heavy atom. The summed E-state index contributed by atoms with van der Waals surface area (Å²) in [5, 5.41) is 6.84. The Morgan fingerprint density at radius 2 is 2.04 bits per heavy atom. The smallest absolute Gasteiger partial charge is 0.249 e. The second-order valence-corrected chi connectivity index (χ2v) is 5.53. The lowest BCUT2D eigenvalue weighted by Crippen LogP contribution is -2.61. The van der Waals surface area contributed by atoms with Crippen molar-refractivity contribution in [2.45, 2.75) is 26.3 Å². The zero-order valence-electron chi connectivity index (χ0n) is 12.7. The van der Waals surface area contributed by atoms with Crippen LogP contribution in [0.4, 0.5) is 10.1 Å². The number of guanidine groups is 1. The molecule has 1 atom stereocenters. The van der Waals surface area contributed by atoms with E-state index in [1.807, 2.05) is 13.8 Å². The number of anilines is 1. The van der Waals surface area contributed by atoms with E-state index >= 15 is 0 Å². The minimum absolute atomic E-state index is 0.00487. The standard InChI is InChI=1S/C15H16FN5O2/c1-8(2)13-19-15-18-12(22)7-11(21(15)20-13)14(23)17-10-5-3-9(16)4-6-10/h3-6,11,20H,7H2,1-2H3,(H,17,23)(H,18,19,22)/t11-/m0/s1. The number of amides is 2. The van der Waals surface area contributed by atoms with Crippen molar-refractivity contribution >= 4 is 23.5 Å². The van der Waals surface area contributed by atoms with Crippen LogP contribution in [-0.4, -0.2) is 28.8 Å². The average Bonchev–Trinajstić information content (AvgIpc) is 2.92. The van der Waals surface area contributed by atoms with E-state index in [9.17, 15) is 14.0 Å². The maximum absolute atomic E-state index is 12.9. The summed E-state index contributed by atoms with van der Waals surface area (Å²) in [4.78, 5) is 28.5. The van der Waals surface area contributed by atoms with Crippen molar-refractivity contribution in [3.63, 3.8) is 0 Å². The molecule has 0 spiro atoms. The van der Waals surface area contributed by atoms with Gasteiger partial charge in [0.05, 0.1) is 6.42 Å². The number of hydrogen-bond acceptors (Lipinski definition) is 5. The molecule has 0 saturated carbocycles. The number of benzene rings is 1. The molecule has 2 heterocycles. The summed E-state index contributed by atoms with van der Waals surface area (Å²) in [7, 11) is 0. The molecule has 3 N–H and O–H groups in total. The second-order valence-electron chi connectivity index (χ2n) is 5.53. The Morgan fingerprint density at radius 1 is 1.35 bits per heavy atom. The highest BCUT2D eigenvalue weighted by atomic mass is 19.1. The molecule has 1 aromatic carbocycles. The van der Waals surface area contributed by atoms with Gasteiger partial charge in [-0.3, -0.25) is 20.3 Å². The molecule has 3 rings (SSSR count). The number of hydrazine groups is 1. The van der Waals surface area contributed by atoms with Crippen molar-refractivity contribution in [1.82, 2.24) is 15.8 Å². The number of rotatable bonds is 2. The Labute approximate surface area is 132 Å². The number of halogens is 1. The molecule has 1 aromatic rings. The quantitative estimate of drug-likeness (QED) is 0.762. The van der Waals surface area contributed by atoms with Gasteiger partial charge in [-0.25, -0.2) is 9.40 Å². The monoisotopic (exact) mass is 317 g/mol. The van der Waals surface area contributed by atoms with Crippen molar-refractivity contribution in [2.24, 2.45) is 4.99 Å². The number of nitrogens with zero attached hydrogens (tertiary/aromatic N) is 2. The van der Waals surface area contributed by atoms with Crippen molar-refractivity contribution < 1.29 is 14.0 Å².